The number of esters is 1. The molecule has 2 aliphatic heterocycles. The summed E-state index contributed by atoms with van der Waals surface area (Å²) in [5, 5.41) is 0. The summed E-state index contributed by atoms with van der Waals surface area (Å²) in [6.45, 7) is 2.21. The molecule has 0 aromatic heterocycles. The van der Waals surface area contributed by atoms with Crippen molar-refractivity contribution in [1.82, 2.24) is 0 Å². The van der Waals surface area contributed by atoms with Crippen molar-refractivity contribution in [2.45, 2.75) is 25.4 Å². The van der Waals surface area contributed by atoms with Gasteiger partial charge in [0.1, 0.15) is 12.0 Å². The number of hydrogen-bond donors (Lipinski definition) is 0. The number of rotatable bonds is 2. The fourth-order valence-electron chi connectivity index (χ4n) is 2.91. The number of likely N-dealkylation sites (N-methyl/N-ethyl adjacent to an activating group) is 1. The van der Waals surface area contributed by atoms with Gasteiger partial charge in [0.05, 0.1) is 20.7 Å². The Hall–Kier alpha value is -0.430. The highest BCUT2D eigenvalue weighted by Gasteiger charge is 2.56. The largest absolute Gasteiger partial charge is 1.00 e. The van der Waals surface area contributed by atoms with E-state index in [0.717, 1.165) is 0 Å². The molecular formula is C12H18INO3. The number of fused-ring (bicyclic) bond motifs is 2. The third kappa shape index (κ3) is 2.27. The minimum atomic E-state index is -0.166. The summed E-state index contributed by atoms with van der Waals surface area (Å²) in [5.41, 5.74) is 0. The summed E-state index contributed by atoms with van der Waals surface area (Å²) in [5.74, 6) is -0.198. The Kier molecular flexibility index (Phi) is 4.35. The summed E-state index contributed by atoms with van der Waals surface area (Å²) in [6.07, 6.45) is 4.10. The lowest BCUT2D eigenvalue weighted by molar-refractivity contribution is -0.912. The SMILES string of the molecule is CCOC(=O)C1CC2C(=O)C=CC1[N+]2(C)C.[I-]. The molecule has 0 spiro atoms. The first-order valence-electron chi connectivity index (χ1n) is 5.70. The molecule has 0 saturated carbocycles. The van der Waals surface area contributed by atoms with E-state index in [1.165, 1.54) is 0 Å². The Morgan fingerprint density at radius 1 is 1.53 bits per heavy atom. The number of ether oxygens (including phenoxy) is 1. The van der Waals surface area contributed by atoms with Crippen LogP contribution in [0.5, 0.6) is 0 Å². The van der Waals surface area contributed by atoms with Gasteiger partial charge in [-0.25, -0.2) is 0 Å². The average Bonchev–Trinajstić information content (AvgIpc) is 2.36. The molecule has 96 valence electrons. The second kappa shape index (κ2) is 5.06. The Labute approximate surface area is 119 Å². The van der Waals surface area contributed by atoms with Crippen LogP contribution in [0.2, 0.25) is 0 Å². The van der Waals surface area contributed by atoms with Gasteiger partial charge in [-0.15, -0.1) is 0 Å². The van der Waals surface area contributed by atoms with E-state index in [-0.39, 0.29) is 53.7 Å². The molecule has 0 aromatic rings. The third-order valence-corrected chi connectivity index (χ3v) is 3.84. The molecule has 3 atom stereocenters. The zero-order chi connectivity index (χ0) is 11.9. The van der Waals surface area contributed by atoms with Crippen LogP contribution in [0.1, 0.15) is 13.3 Å². The predicted octanol–water partition coefficient (Wildman–Crippen LogP) is -2.47. The Morgan fingerprint density at radius 2 is 2.18 bits per heavy atom. The predicted molar refractivity (Wildman–Crippen MR) is 58.6 cm³/mol. The number of carbonyl (C=O) groups excluding carboxylic acids is 2. The summed E-state index contributed by atoms with van der Waals surface area (Å²) in [4.78, 5) is 23.5. The maximum absolute atomic E-state index is 11.8. The number of hydrogen-bond acceptors (Lipinski definition) is 3. The first kappa shape index (κ1) is 14.6. The highest BCUT2D eigenvalue weighted by atomic mass is 127. The van der Waals surface area contributed by atoms with Gasteiger partial charge in [-0.05, 0) is 19.1 Å². The van der Waals surface area contributed by atoms with E-state index >= 15 is 0 Å². The van der Waals surface area contributed by atoms with Crippen LogP contribution >= 0.6 is 0 Å². The van der Waals surface area contributed by atoms with Gasteiger partial charge in [0, 0.05) is 6.42 Å². The van der Waals surface area contributed by atoms with E-state index in [2.05, 4.69) is 0 Å². The molecule has 17 heavy (non-hydrogen) atoms. The van der Waals surface area contributed by atoms with Crippen LogP contribution in [-0.4, -0.2) is 49.0 Å². The first-order chi connectivity index (χ1) is 7.48. The second-order valence-electron chi connectivity index (χ2n) is 4.99. The lowest BCUT2D eigenvalue weighted by Gasteiger charge is -2.37. The first-order valence-corrected chi connectivity index (χ1v) is 5.70. The van der Waals surface area contributed by atoms with E-state index in [9.17, 15) is 9.59 Å². The fraction of sp³-hybridized carbons (Fsp3) is 0.667. The Morgan fingerprint density at radius 3 is 2.71 bits per heavy atom. The van der Waals surface area contributed by atoms with E-state index in [0.29, 0.717) is 17.5 Å². The van der Waals surface area contributed by atoms with Crippen molar-refractivity contribution >= 4 is 11.8 Å². The number of nitrogens with zero attached hydrogens (tertiary/aromatic N) is 1. The van der Waals surface area contributed by atoms with E-state index in [4.69, 9.17) is 4.74 Å². The van der Waals surface area contributed by atoms with Crippen molar-refractivity contribution in [3.63, 3.8) is 0 Å². The van der Waals surface area contributed by atoms with Crippen LogP contribution in [0, 0.1) is 5.92 Å². The molecular weight excluding hydrogens is 333 g/mol. The van der Waals surface area contributed by atoms with Crippen molar-refractivity contribution < 1.29 is 42.8 Å². The van der Waals surface area contributed by atoms with Gasteiger partial charge >= 0.3 is 5.97 Å². The molecule has 0 aliphatic carbocycles. The van der Waals surface area contributed by atoms with Gasteiger partial charge in [0.15, 0.2) is 6.04 Å². The molecule has 0 radical (unpaired) electrons. The van der Waals surface area contributed by atoms with Gasteiger partial charge in [0.25, 0.3) is 0 Å². The van der Waals surface area contributed by atoms with Crippen LogP contribution < -0.4 is 24.0 Å². The third-order valence-electron chi connectivity index (χ3n) is 3.84. The van der Waals surface area contributed by atoms with Gasteiger partial charge in [-0.1, -0.05) is 0 Å². The van der Waals surface area contributed by atoms with Crippen LogP contribution in [0.15, 0.2) is 12.2 Å². The molecule has 0 N–H and O–H groups in total. The molecule has 1 saturated heterocycles. The molecule has 2 bridgehead atoms. The van der Waals surface area contributed by atoms with Gasteiger partial charge in [-0.2, -0.15) is 0 Å². The number of carbonyl (C=O) groups is 2. The average molecular weight is 351 g/mol. The summed E-state index contributed by atoms with van der Waals surface area (Å²) in [6, 6.07) is 0.00570. The Bertz CT molecular complexity index is 365. The highest BCUT2D eigenvalue weighted by Crippen LogP contribution is 2.39. The van der Waals surface area contributed by atoms with Crippen LogP contribution in [-0.2, 0) is 14.3 Å². The number of halogens is 1. The standard InChI is InChI=1S/C12H18NO3.HI/c1-4-16-12(15)8-7-10-11(14)6-5-9(8)13(10,2)3;/h5-6,8-10H,4,7H2,1-3H3;1H/q+1;/p-1. The van der Waals surface area contributed by atoms with Crippen molar-refractivity contribution in [1.29, 1.82) is 0 Å². The maximum Gasteiger partial charge on any atom is 0.315 e. The monoisotopic (exact) mass is 351 g/mol. The van der Waals surface area contributed by atoms with E-state index in [1.54, 1.807) is 13.0 Å². The zero-order valence-electron chi connectivity index (χ0n) is 10.4. The smallest absolute Gasteiger partial charge is 0.315 e. The minimum Gasteiger partial charge on any atom is -1.00 e. The molecule has 1 fully saturated rings. The quantitative estimate of drug-likeness (QED) is 0.315. The Balaban J connectivity index is 0.00000144. The van der Waals surface area contributed by atoms with Crippen molar-refractivity contribution in [3.8, 4) is 0 Å². The minimum absolute atomic E-state index is 0. The van der Waals surface area contributed by atoms with Crippen LogP contribution in [0.4, 0.5) is 0 Å². The second-order valence-corrected chi connectivity index (χ2v) is 4.99. The van der Waals surface area contributed by atoms with Crippen molar-refractivity contribution in [2.75, 3.05) is 20.7 Å². The zero-order valence-corrected chi connectivity index (χ0v) is 12.5. The van der Waals surface area contributed by atoms with Gasteiger partial charge in [-0.3, -0.25) is 9.59 Å². The molecule has 0 aromatic carbocycles. The topological polar surface area (TPSA) is 43.4 Å². The maximum atomic E-state index is 11.8. The molecule has 0 amide bonds. The van der Waals surface area contributed by atoms with Gasteiger partial charge in [0.2, 0.25) is 5.78 Å². The molecule has 2 heterocycles. The number of quaternary nitrogens is 1. The van der Waals surface area contributed by atoms with Crippen LogP contribution in [0.25, 0.3) is 0 Å². The lowest BCUT2D eigenvalue weighted by Crippen LogP contribution is -3.00. The van der Waals surface area contributed by atoms with Crippen molar-refractivity contribution in [3.05, 3.63) is 12.2 Å². The normalized spacial score (nSPS) is 33.1. The molecule has 2 aliphatic rings. The molecule has 4 nitrogen and oxygen atoms in total. The van der Waals surface area contributed by atoms with E-state index in [1.807, 2.05) is 20.2 Å². The summed E-state index contributed by atoms with van der Waals surface area (Å²) >= 11 is 0. The van der Waals surface area contributed by atoms with E-state index < -0.39 is 0 Å². The highest BCUT2D eigenvalue weighted by molar-refractivity contribution is 5.95. The molecule has 5 heteroatoms. The molecule has 2 rings (SSSR count). The fourth-order valence-corrected chi connectivity index (χ4v) is 2.91. The summed E-state index contributed by atoms with van der Waals surface area (Å²) in [7, 11) is 4.02. The van der Waals surface area contributed by atoms with Gasteiger partial charge < -0.3 is 33.2 Å². The summed E-state index contributed by atoms with van der Waals surface area (Å²) < 4.78 is 5.65. The lowest BCUT2D eigenvalue weighted by atomic mass is 10.0. The van der Waals surface area contributed by atoms with Crippen LogP contribution in [0.3, 0.4) is 0 Å². The number of ketones is 1. The molecule has 3 unspecified atom stereocenters. The van der Waals surface area contributed by atoms with Crippen molar-refractivity contribution in [2.24, 2.45) is 5.92 Å².